The largest absolute Gasteiger partial charge is 0.352 e. The Morgan fingerprint density at radius 2 is 2.00 bits per heavy atom. The second kappa shape index (κ2) is 8.14. The predicted molar refractivity (Wildman–Crippen MR) is 91.0 cm³/mol. The summed E-state index contributed by atoms with van der Waals surface area (Å²) in [6, 6.07) is 10.8. The van der Waals surface area contributed by atoms with Crippen molar-refractivity contribution in [3.05, 3.63) is 58.3 Å². The van der Waals surface area contributed by atoms with Crippen LogP contribution in [0.15, 0.2) is 47.9 Å². The average Bonchev–Trinajstić information content (AvgIpc) is 3.04. The molecule has 114 valence electrons. The molecule has 1 heterocycles. The van der Waals surface area contributed by atoms with E-state index in [4.69, 9.17) is 0 Å². The first-order valence-electron chi connectivity index (χ1n) is 7.10. The third-order valence-electron chi connectivity index (χ3n) is 2.91. The number of carbonyl (C=O) groups excluding carboxylic acids is 2. The fourth-order valence-electron chi connectivity index (χ4n) is 1.84. The van der Waals surface area contributed by atoms with Crippen LogP contribution in [0, 0.1) is 0 Å². The maximum Gasteiger partial charge on any atom is 0.253 e. The van der Waals surface area contributed by atoms with E-state index in [0.29, 0.717) is 17.8 Å². The van der Waals surface area contributed by atoms with Crippen molar-refractivity contribution >= 4 is 34.9 Å². The molecule has 0 saturated carbocycles. The van der Waals surface area contributed by atoms with Crippen LogP contribution in [0.1, 0.15) is 28.6 Å². The third-order valence-corrected chi connectivity index (χ3v) is 3.74. The summed E-state index contributed by atoms with van der Waals surface area (Å²) < 4.78 is 0. The Kier molecular flexibility index (Phi) is 5.91. The molecule has 0 bridgehead atoms. The number of rotatable bonds is 6. The maximum atomic E-state index is 12.1. The molecule has 0 radical (unpaired) electrons. The van der Waals surface area contributed by atoms with Crippen molar-refractivity contribution in [1.29, 1.82) is 0 Å². The second-order valence-electron chi connectivity index (χ2n) is 4.64. The van der Waals surface area contributed by atoms with Gasteiger partial charge in [-0.05, 0) is 36.1 Å². The number of nitrogens with one attached hydrogen (secondary N) is 2. The van der Waals surface area contributed by atoms with Crippen molar-refractivity contribution in [2.24, 2.45) is 0 Å². The van der Waals surface area contributed by atoms with Crippen LogP contribution in [0.2, 0.25) is 0 Å². The van der Waals surface area contributed by atoms with Gasteiger partial charge < -0.3 is 10.6 Å². The van der Waals surface area contributed by atoms with Gasteiger partial charge in [-0.2, -0.15) is 0 Å². The first-order valence-corrected chi connectivity index (χ1v) is 7.98. The summed E-state index contributed by atoms with van der Waals surface area (Å²) >= 11 is 1.56. The first kappa shape index (κ1) is 16.0. The van der Waals surface area contributed by atoms with E-state index in [2.05, 4.69) is 10.6 Å². The van der Waals surface area contributed by atoms with Gasteiger partial charge in [0, 0.05) is 17.5 Å². The van der Waals surface area contributed by atoms with Crippen molar-refractivity contribution in [3.63, 3.8) is 0 Å². The van der Waals surface area contributed by atoms with Crippen molar-refractivity contribution in [1.82, 2.24) is 5.32 Å². The summed E-state index contributed by atoms with van der Waals surface area (Å²) in [5.74, 6) is -0.441. The normalized spacial score (nSPS) is 10.6. The lowest BCUT2D eigenvalue weighted by atomic mass is 10.1. The molecule has 1 aromatic carbocycles. The fourth-order valence-corrected chi connectivity index (χ4v) is 2.46. The van der Waals surface area contributed by atoms with E-state index in [1.807, 2.05) is 24.4 Å². The number of para-hydroxylation sites is 1. The number of thiophene rings is 1. The predicted octanol–water partition coefficient (Wildman–Crippen LogP) is 3.54. The second-order valence-corrected chi connectivity index (χ2v) is 5.62. The quantitative estimate of drug-likeness (QED) is 0.801. The molecule has 0 atom stereocenters. The van der Waals surface area contributed by atoms with Crippen LogP contribution in [-0.2, 0) is 4.79 Å². The first-order chi connectivity index (χ1) is 10.7. The number of benzene rings is 1. The lowest BCUT2D eigenvalue weighted by Crippen LogP contribution is -2.25. The highest BCUT2D eigenvalue weighted by molar-refractivity contribution is 7.10. The lowest BCUT2D eigenvalue weighted by Gasteiger charge is -2.09. The highest BCUT2D eigenvalue weighted by atomic mass is 32.1. The molecule has 2 rings (SSSR count). The SMILES string of the molecule is CCCNC(=O)c1ccccc1NC(=O)C=Cc1cccs1. The van der Waals surface area contributed by atoms with Crippen LogP contribution in [-0.4, -0.2) is 18.4 Å². The monoisotopic (exact) mass is 314 g/mol. The van der Waals surface area contributed by atoms with Crippen LogP contribution < -0.4 is 10.6 Å². The number of carbonyl (C=O) groups is 2. The van der Waals surface area contributed by atoms with Gasteiger partial charge in [0.1, 0.15) is 0 Å². The van der Waals surface area contributed by atoms with Gasteiger partial charge in [-0.3, -0.25) is 9.59 Å². The Hall–Kier alpha value is -2.40. The molecule has 2 N–H and O–H groups in total. The topological polar surface area (TPSA) is 58.2 Å². The van der Waals surface area contributed by atoms with E-state index in [0.717, 1.165) is 11.3 Å². The van der Waals surface area contributed by atoms with Crippen molar-refractivity contribution in [2.45, 2.75) is 13.3 Å². The van der Waals surface area contributed by atoms with Crippen molar-refractivity contribution in [2.75, 3.05) is 11.9 Å². The van der Waals surface area contributed by atoms with E-state index in [9.17, 15) is 9.59 Å². The molecule has 2 aromatic rings. The van der Waals surface area contributed by atoms with Crippen LogP contribution in [0.4, 0.5) is 5.69 Å². The molecule has 2 amide bonds. The van der Waals surface area contributed by atoms with E-state index < -0.39 is 0 Å². The summed E-state index contributed by atoms with van der Waals surface area (Å²) in [4.78, 5) is 25.0. The minimum absolute atomic E-state index is 0.181. The van der Waals surface area contributed by atoms with Gasteiger partial charge in [0.05, 0.1) is 11.3 Å². The summed E-state index contributed by atoms with van der Waals surface area (Å²) in [5, 5.41) is 7.51. The number of anilines is 1. The molecule has 22 heavy (non-hydrogen) atoms. The molecule has 5 heteroatoms. The molecule has 0 saturated heterocycles. The van der Waals surface area contributed by atoms with Gasteiger partial charge >= 0.3 is 0 Å². The van der Waals surface area contributed by atoms with Crippen molar-refractivity contribution < 1.29 is 9.59 Å². The number of amides is 2. The van der Waals surface area contributed by atoms with Gasteiger partial charge in [0.2, 0.25) is 5.91 Å². The fraction of sp³-hybridized carbons (Fsp3) is 0.176. The molecule has 0 aliphatic carbocycles. The van der Waals surface area contributed by atoms with Gasteiger partial charge in [-0.15, -0.1) is 11.3 Å². The van der Waals surface area contributed by atoms with Crippen LogP contribution >= 0.6 is 11.3 Å². The minimum atomic E-state index is -0.260. The Morgan fingerprint density at radius 1 is 1.18 bits per heavy atom. The van der Waals surface area contributed by atoms with Gasteiger partial charge in [-0.1, -0.05) is 25.1 Å². The zero-order valence-electron chi connectivity index (χ0n) is 12.3. The number of hydrogen-bond donors (Lipinski definition) is 2. The highest BCUT2D eigenvalue weighted by Gasteiger charge is 2.11. The van der Waals surface area contributed by atoms with Crippen LogP contribution in [0.3, 0.4) is 0 Å². The third kappa shape index (κ3) is 4.56. The zero-order chi connectivity index (χ0) is 15.8. The Labute approximate surface area is 133 Å². The van der Waals surface area contributed by atoms with E-state index in [-0.39, 0.29) is 11.8 Å². The molecule has 0 fully saturated rings. The Bertz CT molecular complexity index is 663. The Morgan fingerprint density at radius 3 is 2.73 bits per heavy atom. The molecular formula is C17H18N2O2S. The molecule has 0 unspecified atom stereocenters. The molecule has 0 spiro atoms. The van der Waals surface area contributed by atoms with E-state index >= 15 is 0 Å². The molecule has 0 aliphatic rings. The minimum Gasteiger partial charge on any atom is -0.352 e. The molecular weight excluding hydrogens is 296 g/mol. The van der Waals surface area contributed by atoms with E-state index in [1.165, 1.54) is 6.08 Å². The van der Waals surface area contributed by atoms with Gasteiger partial charge in [0.15, 0.2) is 0 Å². The summed E-state index contributed by atoms with van der Waals surface area (Å²) in [7, 11) is 0. The summed E-state index contributed by atoms with van der Waals surface area (Å²) in [6.07, 6.45) is 4.08. The summed E-state index contributed by atoms with van der Waals surface area (Å²) in [5.41, 5.74) is 0.978. The Balaban J connectivity index is 2.06. The number of hydrogen-bond acceptors (Lipinski definition) is 3. The standard InChI is InChI=1S/C17H18N2O2S/c1-2-11-18-17(21)14-7-3-4-8-15(14)19-16(20)10-9-13-6-5-12-22-13/h3-10,12H,2,11H2,1H3,(H,18,21)(H,19,20). The average molecular weight is 314 g/mol. The molecule has 1 aromatic heterocycles. The maximum absolute atomic E-state index is 12.1. The zero-order valence-corrected chi connectivity index (χ0v) is 13.2. The highest BCUT2D eigenvalue weighted by Crippen LogP contribution is 2.15. The van der Waals surface area contributed by atoms with Gasteiger partial charge in [0.25, 0.3) is 5.91 Å². The molecule has 4 nitrogen and oxygen atoms in total. The smallest absolute Gasteiger partial charge is 0.253 e. The van der Waals surface area contributed by atoms with Gasteiger partial charge in [-0.25, -0.2) is 0 Å². The summed E-state index contributed by atoms with van der Waals surface area (Å²) in [6.45, 7) is 2.60. The van der Waals surface area contributed by atoms with E-state index in [1.54, 1.807) is 41.7 Å². The van der Waals surface area contributed by atoms with Crippen molar-refractivity contribution in [3.8, 4) is 0 Å². The lowest BCUT2D eigenvalue weighted by molar-refractivity contribution is -0.111. The molecule has 0 aliphatic heterocycles. The van der Waals surface area contributed by atoms with Crippen LogP contribution in [0.5, 0.6) is 0 Å². The van der Waals surface area contributed by atoms with Crippen LogP contribution in [0.25, 0.3) is 6.08 Å².